The highest BCUT2D eigenvalue weighted by Gasteiger charge is 2.30. The van der Waals surface area contributed by atoms with Gasteiger partial charge in [-0.05, 0) is 43.6 Å². The van der Waals surface area contributed by atoms with E-state index in [2.05, 4.69) is 0 Å². The van der Waals surface area contributed by atoms with Crippen LogP contribution in [0.25, 0.3) is 0 Å². The Morgan fingerprint density at radius 1 is 1.00 bits per heavy atom. The summed E-state index contributed by atoms with van der Waals surface area (Å²) in [5.41, 5.74) is 1.47. The Kier molecular flexibility index (Phi) is 2.29. The third kappa shape index (κ3) is 1.33. The Morgan fingerprint density at radius 2 is 1.50 bits per heavy atom. The van der Waals surface area contributed by atoms with Crippen molar-refractivity contribution in [3.63, 3.8) is 0 Å². The summed E-state index contributed by atoms with van der Waals surface area (Å²) < 4.78 is 0. The molecule has 1 nitrogen and oxygen atoms in total. The zero-order valence-corrected chi connectivity index (χ0v) is 7.46. The van der Waals surface area contributed by atoms with Crippen LogP contribution in [0.3, 0.4) is 0 Å². The highest BCUT2D eigenvalue weighted by Crippen LogP contribution is 2.43. The zero-order chi connectivity index (χ0) is 8.39. The fourth-order valence-electron chi connectivity index (χ4n) is 2.86. The molecule has 0 unspecified atom stereocenters. The number of carbonyl (C=O) groups is 1. The summed E-state index contributed by atoms with van der Waals surface area (Å²) in [4.78, 5) is 10.4. The van der Waals surface area contributed by atoms with Gasteiger partial charge in [-0.1, -0.05) is 18.4 Å². The van der Waals surface area contributed by atoms with E-state index < -0.39 is 0 Å². The lowest BCUT2D eigenvalue weighted by Crippen LogP contribution is -2.24. The molecule has 2 saturated carbocycles. The van der Waals surface area contributed by atoms with Crippen molar-refractivity contribution in [3.8, 4) is 0 Å². The van der Waals surface area contributed by atoms with E-state index in [0.717, 1.165) is 18.1 Å². The first kappa shape index (κ1) is 8.03. The van der Waals surface area contributed by atoms with E-state index in [1.165, 1.54) is 44.1 Å². The van der Waals surface area contributed by atoms with Gasteiger partial charge in [0, 0.05) is 0 Å². The fraction of sp³-hybridized carbons (Fsp3) is 0.727. The number of aldehydes is 1. The topological polar surface area (TPSA) is 17.1 Å². The van der Waals surface area contributed by atoms with E-state index in [1.54, 1.807) is 0 Å². The van der Waals surface area contributed by atoms with Gasteiger partial charge in [-0.15, -0.1) is 0 Å². The van der Waals surface area contributed by atoms with Crippen molar-refractivity contribution in [1.82, 2.24) is 0 Å². The second-order valence-corrected chi connectivity index (χ2v) is 4.06. The van der Waals surface area contributed by atoms with Crippen LogP contribution in [-0.2, 0) is 4.79 Å². The van der Waals surface area contributed by atoms with Crippen LogP contribution in [0.15, 0.2) is 11.6 Å². The molecule has 0 aliphatic heterocycles. The molecule has 0 N–H and O–H groups in total. The SMILES string of the molecule is O=CC=C1C2CCCC1CCC2. The van der Waals surface area contributed by atoms with E-state index in [-0.39, 0.29) is 0 Å². The summed E-state index contributed by atoms with van der Waals surface area (Å²) in [7, 11) is 0. The van der Waals surface area contributed by atoms with Crippen molar-refractivity contribution in [3.05, 3.63) is 11.6 Å². The third-order valence-corrected chi connectivity index (χ3v) is 3.41. The number of allylic oxidation sites excluding steroid dienone is 2. The van der Waals surface area contributed by atoms with E-state index in [1.807, 2.05) is 6.08 Å². The van der Waals surface area contributed by atoms with E-state index >= 15 is 0 Å². The van der Waals surface area contributed by atoms with Crippen molar-refractivity contribution in [1.29, 1.82) is 0 Å². The van der Waals surface area contributed by atoms with Crippen molar-refractivity contribution < 1.29 is 4.79 Å². The monoisotopic (exact) mass is 164 g/mol. The molecule has 2 aliphatic carbocycles. The van der Waals surface area contributed by atoms with Crippen LogP contribution in [0.5, 0.6) is 0 Å². The van der Waals surface area contributed by atoms with E-state index in [4.69, 9.17) is 0 Å². The minimum Gasteiger partial charge on any atom is -0.299 e. The van der Waals surface area contributed by atoms with Crippen LogP contribution in [0.4, 0.5) is 0 Å². The first-order valence-corrected chi connectivity index (χ1v) is 5.07. The molecule has 2 aliphatic rings. The summed E-state index contributed by atoms with van der Waals surface area (Å²) >= 11 is 0. The van der Waals surface area contributed by atoms with Gasteiger partial charge in [-0.25, -0.2) is 0 Å². The lowest BCUT2D eigenvalue weighted by Gasteiger charge is -2.37. The molecule has 0 heterocycles. The standard InChI is InChI=1S/C11H16O/c12-8-7-11-9-3-1-4-10(11)6-2-5-9/h7-10H,1-6H2. The molecule has 0 atom stereocenters. The highest BCUT2D eigenvalue weighted by atomic mass is 16.1. The fourth-order valence-corrected chi connectivity index (χ4v) is 2.86. The summed E-state index contributed by atoms with van der Waals surface area (Å²) in [5.74, 6) is 1.53. The van der Waals surface area contributed by atoms with Crippen molar-refractivity contribution in [2.75, 3.05) is 0 Å². The normalized spacial score (nSPS) is 34.5. The predicted octanol–water partition coefficient (Wildman–Crippen LogP) is 2.71. The molecule has 0 aromatic heterocycles. The average molecular weight is 164 g/mol. The van der Waals surface area contributed by atoms with E-state index in [0.29, 0.717) is 0 Å². The summed E-state index contributed by atoms with van der Waals surface area (Å²) in [6, 6.07) is 0. The summed E-state index contributed by atoms with van der Waals surface area (Å²) in [5, 5.41) is 0. The molecule has 1 heteroatoms. The lowest BCUT2D eigenvalue weighted by molar-refractivity contribution is -0.104. The Bertz CT molecular complexity index is 181. The van der Waals surface area contributed by atoms with Gasteiger partial charge in [0.15, 0.2) is 0 Å². The first-order valence-electron chi connectivity index (χ1n) is 5.07. The van der Waals surface area contributed by atoms with Gasteiger partial charge in [0.25, 0.3) is 0 Å². The smallest absolute Gasteiger partial charge is 0.142 e. The molecule has 66 valence electrons. The Morgan fingerprint density at radius 3 is 1.92 bits per heavy atom. The van der Waals surface area contributed by atoms with Crippen LogP contribution in [-0.4, -0.2) is 6.29 Å². The zero-order valence-electron chi connectivity index (χ0n) is 7.46. The number of fused-ring (bicyclic) bond motifs is 2. The molecule has 0 amide bonds. The van der Waals surface area contributed by atoms with Crippen molar-refractivity contribution in [2.45, 2.75) is 38.5 Å². The van der Waals surface area contributed by atoms with Gasteiger partial charge in [-0.2, -0.15) is 0 Å². The number of rotatable bonds is 1. The molecular formula is C11H16O. The maximum absolute atomic E-state index is 10.4. The Hall–Kier alpha value is -0.590. The second kappa shape index (κ2) is 3.42. The van der Waals surface area contributed by atoms with Gasteiger partial charge in [-0.3, -0.25) is 4.79 Å². The molecule has 0 aromatic carbocycles. The predicted molar refractivity (Wildman–Crippen MR) is 48.8 cm³/mol. The minimum absolute atomic E-state index is 0.766. The number of hydrogen-bond donors (Lipinski definition) is 0. The maximum Gasteiger partial charge on any atom is 0.142 e. The van der Waals surface area contributed by atoms with Crippen LogP contribution in [0, 0.1) is 11.8 Å². The van der Waals surface area contributed by atoms with Crippen molar-refractivity contribution in [2.24, 2.45) is 11.8 Å². The summed E-state index contributed by atoms with van der Waals surface area (Å²) in [6.45, 7) is 0. The quantitative estimate of drug-likeness (QED) is 0.430. The van der Waals surface area contributed by atoms with Crippen LogP contribution in [0.2, 0.25) is 0 Å². The van der Waals surface area contributed by atoms with Gasteiger partial charge >= 0.3 is 0 Å². The number of carbonyl (C=O) groups excluding carboxylic acids is 1. The third-order valence-electron chi connectivity index (χ3n) is 3.41. The largest absolute Gasteiger partial charge is 0.299 e. The molecule has 12 heavy (non-hydrogen) atoms. The number of hydrogen-bond acceptors (Lipinski definition) is 1. The molecule has 2 fully saturated rings. The minimum atomic E-state index is 0.766. The molecular weight excluding hydrogens is 148 g/mol. The molecule has 2 rings (SSSR count). The van der Waals surface area contributed by atoms with Gasteiger partial charge < -0.3 is 0 Å². The average Bonchev–Trinajstić information content (AvgIpc) is 2.04. The molecule has 0 saturated heterocycles. The van der Waals surface area contributed by atoms with Crippen molar-refractivity contribution >= 4 is 6.29 Å². The Labute approximate surface area is 73.8 Å². The Balaban J connectivity index is 2.18. The second-order valence-electron chi connectivity index (χ2n) is 4.06. The van der Waals surface area contributed by atoms with Crippen LogP contribution in [0.1, 0.15) is 38.5 Å². The maximum atomic E-state index is 10.4. The molecule has 0 spiro atoms. The lowest BCUT2D eigenvalue weighted by atomic mass is 9.68. The summed E-state index contributed by atoms with van der Waals surface area (Å²) in [6.07, 6.45) is 10.9. The van der Waals surface area contributed by atoms with Gasteiger partial charge in [0.05, 0.1) is 0 Å². The molecule has 0 aromatic rings. The molecule has 0 radical (unpaired) electrons. The van der Waals surface area contributed by atoms with Crippen LogP contribution < -0.4 is 0 Å². The van der Waals surface area contributed by atoms with Crippen LogP contribution >= 0.6 is 0 Å². The molecule has 2 bridgehead atoms. The van der Waals surface area contributed by atoms with Gasteiger partial charge in [0.1, 0.15) is 6.29 Å². The highest BCUT2D eigenvalue weighted by molar-refractivity contribution is 5.66. The van der Waals surface area contributed by atoms with Gasteiger partial charge in [0.2, 0.25) is 0 Å². The first-order chi connectivity index (χ1) is 5.92. The van der Waals surface area contributed by atoms with E-state index in [9.17, 15) is 4.79 Å².